The molecule has 0 radical (unpaired) electrons. The summed E-state index contributed by atoms with van der Waals surface area (Å²) in [7, 11) is 0. The van der Waals surface area contributed by atoms with Gasteiger partial charge in [0, 0.05) is 36.7 Å². The van der Waals surface area contributed by atoms with Gasteiger partial charge in [0.05, 0.1) is 5.02 Å². The van der Waals surface area contributed by atoms with Crippen LogP contribution in [0.5, 0.6) is 0 Å². The number of nitrogens with zero attached hydrogens (tertiary/aromatic N) is 2. The van der Waals surface area contributed by atoms with Gasteiger partial charge in [0.15, 0.2) is 0 Å². The van der Waals surface area contributed by atoms with Crippen molar-refractivity contribution in [1.82, 2.24) is 9.80 Å². The number of rotatable bonds is 6. The first-order valence-corrected chi connectivity index (χ1v) is 8.84. The number of hydrogen-bond donors (Lipinski definition) is 1. The lowest BCUT2D eigenvalue weighted by atomic mass is 10.2. The Kier molecular flexibility index (Phi) is 6.53. The Bertz CT molecular complexity index is 527. The van der Waals surface area contributed by atoms with Gasteiger partial charge in [0.25, 0.3) is 0 Å². The van der Waals surface area contributed by atoms with Crippen molar-refractivity contribution in [2.75, 3.05) is 19.6 Å². The first-order chi connectivity index (χ1) is 10.5. The van der Waals surface area contributed by atoms with Crippen molar-refractivity contribution in [1.29, 1.82) is 0 Å². The maximum atomic E-state index is 11.4. The van der Waals surface area contributed by atoms with Crippen LogP contribution in [-0.4, -0.2) is 46.7 Å². The Labute approximate surface area is 145 Å². The fraction of sp³-hybridized carbons (Fsp3) is 0.562. The molecule has 0 unspecified atom stereocenters. The first-order valence-electron chi connectivity index (χ1n) is 7.67. The summed E-state index contributed by atoms with van der Waals surface area (Å²) in [5.74, 6) is 0. The van der Waals surface area contributed by atoms with Crippen LogP contribution in [0.4, 0.5) is 4.79 Å². The van der Waals surface area contributed by atoms with Crippen LogP contribution < -0.4 is 0 Å². The Hall–Kier alpha value is -0.780. The average molecular weight is 390 g/mol. The van der Waals surface area contributed by atoms with E-state index < -0.39 is 6.09 Å². The fourth-order valence-electron chi connectivity index (χ4n) is 2.87. The molecule has 0 saturated carbocycles. The normalized spacial score (nSPS) is 18.6. The number of carboxylic acid groups (broad SMARTS) is 1. The molecule has 122 valence electrons. The summed E-state index contributed by atoms with van der Waals surface area (Å²) in [5, 5.41) is 10.1. The van der Waals surface area contributed by atoms with Gasteiger partial charge in [-0.05, 0) is 46.5 Å². The molecule has 2 rings (SSSR count). The lowest BCUT2D eigenvalue weighted by molar-refractivity contribution is 0.123. The fourth-order valence-corrected chi connectivity index (χ4v) is 3.41. The molecule has 1 aromatic rings. The van der Waals surface area contributed by atoms with E-state index in [1.807, 2.05) is 18.2 Å². The van der Waals surface area contributed by atoms with Gasteiger partial charge in [-0.3, -0.25) is 4.90 Å². The zero-order chi connectivity index (χ0) is 16.1. The van der Waals surface area contributed by atoms with Crippen molar-refractivity contribution in [3.63, 3.8) is 0 Å². The van der Waals surface area contributed by atoms with Crippen LogP contribution in [0.25, 0.3) is 0 Å². The largest absolute Gasteiger partial charge is 0.465 e. The minimum atomic E-state index is -0.797. The van der Waals surface area contributed by atoms with Crippen LogP contribution in [-0.2, 0) is 6.54 Å². The topological polar surface area (TPSA) is 43.8 Å². The summed E-state index contributed by atoms with van der Waals surface area (Å²) in [5.41, 5.74) is 1.19. The highest BCUT2D eigenvalue weighted by Crippen LogP contribution is 2.25. The molecule has 0 bridgehead atoms. The molecular formula is C16H22BrClN2O2. The van der Waals surface area contributed by atoms with Gasteiger partial charge in [-0.25, -0.2) is 4.79 Å². The van der Waals surface area contributed by atoms with Crippen LogP contribution in [0, 0.1) is 0 Å². The van der Waals surface area contributed by atoms with Gasteiger partial charge >= 0.3 is 6.09 Å². The Morgan fingerprint density at radius 1 is 1.55 bits per heavy atom. The molecule has 1 aliphatic rings. The second-order valence-electron chi connectivity index (χ2n) is 5.76. The highest BCUT2D eigenvalue weighted by Gasteiger charge is 2.30. The smallest absolute Gasteiger partial charge is 0.407 e. The maximum absolute atomic E-state index is 11.4. The summed E-state index contributed by atoms with van der Waals surface area (Å²) in [6, 6.07) is 6.05. The van der Waals surface area contributed by atoms with Crippen molar-refractivity contribution in [2.24, 2.45) is 0 Å². The van der Waals surface area contributed by atoms with E-state index in [0.29, 0.717) is 11.6 Å². The maximum Gasteiger partial charge on any atom is 0.407 e. The van der Waals surface area contributed by atoms with Gasteiger partial charge in [-0.1, -0.05) is 31.0 Å². The minimum Gasteiger partial charge on any atom is -0.465 e. The molecule has 4 nitrogen and oxygen atoms in total. The first kappa shape index (κ1) is 17.6. The van der Waals surface area contributed by atoms with Gasteiger partial charge < -0.3 is 10.0 Å². The summed E-state index contributed by atoms with van der Waals surface area (Å²) < 4.78 is 0.900. The minimum absolute atomic E-state index is 0.111. The van der Waals surface area contributed by atoms with E-state index >= 15 is 0 Å². The molecular weight excluding hydrogens is 368 g/mol. The zero-order valence-corrected chi connectivity index (χ0v) is 15.1. The predicted molar refractivity (Wildman–Crippen MR) is 92.5 cm³/mol. The van der Waals surface area contributed by atoms with Crippen molar-refractivity contribution in [3.8, 4) is 0 Å². The monoisotopic (exact) mass is 388 g/mol. The number of halogens is 2. The molecule has 1 aromatic carbocycles. The summed E-state index contributed by atoms with van der Waals surface area (Å²) in [6.07, 6.45) is 2.05. The van der Waals surface area contributed by atoms with E-state index in [4.69, 9.17) is 11.6 Å². The molecule has 1 heterocycles. The molecule has 0 spiro atoms. The van der Waals surface area contributed by atoms with Crippen LogP contribution in [0.15, 0.2) is 22.7 Å². The molecule has 1 saturated heterocycles. The van der Waals surface area contributed by atoms with E-state index in [-0.39, 0.29) is 6.04 Å². The lowest BCUT2D eigenvalue weighted by Crippen LogP contribution is -2.41. The van der Waals surface area contributed by atoms with E-state index in [1.54, 1.807) is 4.90 Å². The van der Waals surface area contributed by atoms with Crippen LogP contribution in [0.2, 0.25) is 5.02 Å². The SMILES string of the molecule is CCCCN(C(=O)O)[C@H]1CCN(Cc2ccc(Cl)c(Br)c2)C1. The van der Waals surface area contributed by atoms with Gasteiger partial charge in [-0.2, -0.15) is 0 Å². The van der Waals surface area contributed by atoms with Gasteiger partial charge in [0.1, 0.15) is 0 Å². The van der Waals surface area contributed by atoms with Crippen molar-refractivity contribution < 1.29 is 9.90 Å². The molecule has 1 N–H and O–H groups in total. The molecule has 1 amide bonds. The average Bonchev–Trinajstić information content (AvgIpc) is 2.91. The van der Waals surface area contributed by atoms with Gasteiger partial charge in [-0.15, -0.1) is 0 Å². The molecule has 0 aromatic heterocycles. The number of likely N-dealkylation sites (tertiary alicyclic amines) is 1. The Morgan fingerprint density at radius 3 is 2.95 bits per heavy atom. The van der Waals surface area contributed by atoms with Crippen molar-refractivity contribution in [3.05, 3.63) is 33.3 Å². The quantitative estimate of drug-likeness (QED) is 0.781. The summed E-state index contributed by atoms with van der Waals surface area (Å²) >= 11 is 9.45. The second-order valence-corrected chi connectivity index (χ2v) is 7.02. The number of carbonyl (C=O) groups is 1. The van der Waals surface area contributed by atoms with E-state index in [1.165, 1.54) is 5.56 Å². The van der Waals surface area contributed by atoms with Crippen LogP contribution >= 0.6 is 27.5 Å². The highest BCUT2D eigenvalue weighted by molar-refractivity contribution is 9.10. The Morgan fingerprint density at radius 2 is 2.32 bits per heavy atom. The third-order valence-corrected chi connectivity index (χ3v) is 5.29. The molecule has 1 atom stereocenters. The predicted octanol–water partition coefficient (Wildman–Crippen LogP) is 4.46. The summed E-state index contributed by atoms with van der Waals surface area (Å²) in [6.45, 7) is 5.28. The lowest BCUT2D eigenvalue weighted by Gasteiger charge is -2.26. The number of unbranched alkanes of at least 4 members (excludes halogenated alkanes) is 1. The number of benzene rings is 1. The zero-order valence-electron chi connectivity index (χ0n) is 12.8. The summed E-state index contributed by atoms with van der Waals surface area (Å²) in [4.78, 5) is 15.3. The van der Waals surface area contributed by atoms with E-state index in [2.05, 4.69) is 27.8 Å². The third-order valence-electron chi connectivity index (χ3n) is 4.08. The van der Waals surface area contributed by atoms with E-state index in [0.717, 1.165) is 43.4 Å². The van der Waals surface area contributed by atoms with E-state index in [9.17, 15) is 9.90 Å². The van der Waals surface area contributed by atoms with Crippen molar-refractivity contribution >= 4 is 33.6 Å². The molecule has 6 heteroatoms. The highest BCUT2D eigenvalue weighted by atomic mass is 79.9. The standard InChI is InChI=1S/C16H22BrClN2O2/c1-2-3-7-20(16(21)22)13-6-8-19(11-13)10-12-4-5-15(18)14(17)9-12/h4-5,9,13H,2-3,6-8,10-11H2,1H3,(H,21,22)/t13-/m0/s1. The Balaban J connectivity index is 1.93. The number of amides is 1. The molecule has 0 aliphatic carbocycles. The third kappa shape index (κ3) is 4.61. The van der Waals surface area contributed by atoms with Crippen LogP contribution in [0.1, 0.15) is 31.7 Å². The van der Waals surface area contributed by atoms with Crippen molar-refractivity contribution in [2.45, 2.75) is 38.8 Å². The number of hydrogen-bond acceptors (Lipinski definition) is 2. The van der Waals surface area contributed by atoms with Gasteiger partial charge in [0.2, 0.25) is 0 Å². The molecule has 1 fully saturated rings. The molecule has 22 heavy (non-hydrogen) atoms. The van der Waals surface area contributed by atoms with Crippen LogP contribution in [0.3, 0.4) is 0 Å². The molecule has 1 aliphatic heterocycles. The second kappa shape index (κ2) is 8.18.